The van der Waals surface area contributed by atoms with Gasteiger partial charge in [0, 0.05) is 36.8 Å². The normalized spacial score (nSPS) is 14.9. The highest BCUT2D eigenvalue weighted by Crippen LogP contribution is 2.29. The van der Waals surface area contributed by atoms with Gasteiger partial charge in [-0.2, -0.15) is 10.2 Å². The molecule has 2 heterocycles. The number of carbonyl (C=O) groups is 1. The Hall–Kier alpha value is -3.90. The van der Waals surface area contributed by atoms with E-state index in [4.69, 9.17) is 9.26 Å². The maximum Gasteiger partial charge on any atom is 0.404 e. The van der Waals surface area contributed by atoms with Crippen molar-refractivity contribution >= 4 is 6.09 Å². The monoisotopic (exact) mass is 517 g/mol. The van der Waals surface area contributed by atoms with Crippen molar-refractivity contribution in [1.29, 1.82) is 5.26 Å². The van der Waals surface area contributed by atoms with Gasteiger partial charge in [0.05, 0.1) is 11.7 Å². The number of nitrogens with one attached hydrogen (secondary N) is 1. The number of amides is 1. The summed E-state index contributed by atoms with van der Waals surface area (Å²) in [5, 5.41) is 25.7. The van der Waals surface area contributed by atoms with Gasteiger partial charge in [0.1, 0.15) is 11.8 Å². The molecule has 0 radical (unpaired) electrons. The Kier molecular flexibility index (Phi) is 8.02. The summed E-state index contributed by atoms with van der Waals surface area (Å²) in [5.74, 6) is 1.36. The second-order valence-electron chi connectivity index (χ2n) is 11.1. The fourth-order valence-corrected chi connectivity index (χ4v) is 4.60. The molecule has 0 spiro atoms. The summed E-state index contributed by atoms with van der Waals surface area (Å²) >= 11 is 0. The van der Waals surface area contributed by atoms with Gasteiger partial charge >= 0.3 is 6.09 Å². The Morgan fingerprint density at radius 3 is 2.53 bits per heavy atom. The minimum atomic E-state index is -0.990. The second-order valence-corrected chi connectivity index (χ2v) is 11.1. The number of benzene rings is 2. The standard InChI is InChI=1S/C29H35N5O4/c1-18(2)37-24-9-8-22(15-23(24)16-30)27-32-26(33-38-27)21-7-6-19-10-12-34(13-11-20(19)14-21)17-25(29(3,4)5)31-28(35)36/h6-9,14-15,18,25,31H,10-13,17H2,1-5H3,(H,35,36). The molecule has 1 aliphatic heterocycles. The van der Waals surface area contributed by atoms with Crippen molar-refractivity contribution in [3.8, 4) is 34.7 Å². The molecule has 0 saturated heterocycles. The minimum absolute atomic E-state index is 0.0374. The first kappa shape index (κ1) is 27.1. The second kappa shape index (κ2) is 11.2. The maximum atomic E-state index is 11.3. The number of hydrogen-bond acceptors (Lipinski definition) is 7. The summed E-state index contributed by atoms with van der Waals surface area (Å²) in [6.07, 6.45) is 0.708. The highest BCUT2D eigenvalue weighted by molar-refractivity contribution is 5.65. The van der Waals surface area contributed by atoms with Crippen molar-refractivity contribution in [2.24, 2.45) is 5.41 Å². The average Bonchev–Trinajstić information content (AvgIpc) is 3.26. The Bertz CT molecular complexity index is 1340. The number of aromatic nitrogens is 2. The van der Waals surface area contributed by atoms with Gasteiger partial charge in [0.2, 0.25) is 5.82 Å². The molecule has 1 atom stereocenters. The van der Waals surface area contributed by atoms with Gasteiger partial charge in [-0.1, -0.05) is 38.1 Å². The quantitative estimate of drug-likeness (QED) is 0.441. The van der Waals surface area contributed by atoms with E-state index in [2.05, 4.69) is 59.3 Å². The predicted octanol–water partition coefficient (Wildman–Crippen LogP) is 5.15. The lowest BCUT2D eigenvalue weighted by atomic mass is 9.86. The van der Waals surface area contributed by atoms with Gasteiger partial charge in [-0.15, -0.1) is 0 Å². The lowest BCUT2D eigenvalue weighted by Crippen LogP contribution is -2.50. The lowest BCUT2D eigenvalue weighted by molar-refractivity contribution is 0.150. The first-order valence-corrected chi connectivity index (χ1v) is 12.9. The molecule has 200 valence electrons. The van der Waals surface area contributed by atoms with E-state index in [-0.39, 0.29) is 17.6 Å². The first-order chi connectivity index (χ1) is 18.0. The van der Waals surface area contributed by atoms with Gasteiger partial charge in [-0.05, 0) is 67.5 Å². The van der Waals surface area contributed by atoms with Crippen LogP contribution in [0.3, 0.4) is 0 Å². The largest absolute Gasteiger partial charge is 0.490 e. The molecule has 1 unspecified atom stereocenters. The van der Waals surface area contributed by atoms with Gasteiger partial charge in [0.25, 0.3) is 5.89 Å². The van der Waals surface area contributed by atoms with E-state index < -0.39 is 6.09 Å². The van der Waals surface area contributed by atoms with E-state index in [1.807, 2.05) is 26.0 Å². The molecule has 9 nitrogen and oxygen atoms in total. The maximum absolute atomic E-state index is 11.3. The van der Waals surface area contributed by atoms with E-state index in [1.54, 1.807) is 12.1 Å². The Labute approximate surface area is 223 Å². The Balaban J connectivity index is 1.49. The van der Waals surface area contributed by atoms with Crippen LogP contribution in [0, 0.1) is 16.7 Å². The van der Waals surface area contributed by atoms with Crippen LogP contribution in [0.15, 0.2) is 40.9 Å². The fourth-order valence-electron chi connectivity index (χ4n) is 4.60. The molecule has 9 heteroatoms. The number of fused-ring (bicyclic) bond motifs is 1. The number of hydrogen-bond donors (Lipinski definition) is 2. The number of carboxylic acid groups (broad SMARTS) is 1. The first-order valence-electron chi connectivity index (χ1n) is 12.9. The van der Waals surface area contributed by atoms with Crippen molar-refractivity contribution in [3.05, 3.63) is 53.1 Å². The fraction of sp³-hybridized carbons (Fsp3) is 0.448. The molecule has 1 aromatic heterocycles. The third kappa shape index (κ3) is 6.50. The van der Waals surface area contributed by atoms with E-state index in [1.165, 1.54) is 11.1 Å². The van der Waals surface area contributed by atoms with Crippen LogP contribution in [0.25, 0.3) is 22.8 Å². The zero-order chi connectivity index (χ0) is 27.4. The van der Waals surface area contributed by atoms with Crippen LogP contribution in [0.4, 0.5) is 4.79 Å². The van der Waals surface area contributed by atoms with Gasteiger partial charge in [-0.3, -0.25) is 0 Å². The van der Waals surface area contributed by atoms with Crippen LogP contribution < -0.4 is 10.1 Å². The Morgan fingerprint density at radius 2 is 1.87 bits per heavy atom. The van der Waals surface area contributed by atoms with E-state index in [0.717, 1.165) is 31.5 Å². The van der Waals surface area contributed by atoms with Crippen molar-refractivity contribution in [3.63, 3.8) is 0 Å². The molecule has 38 heavy (non-hydrogen) atoms. The van der Waals surface area contributed by atoms with Crippen molar-refractivity contribution in [1.82, 2.24) is 20.4 Å². The molecule has 3 aromatic rings. The van der Waals surface area contributed by atoms with Crippen molar-refractivity contribution in [2.45, 2.75) is 59.6 Å². The van der Waals surface area contributed by atoms with Crippen LogP contribution in [0.2, 0.25) is 0 Å². The van der Waals surface area contributed by atoms with Gasteiger partial charge in [0.15, 0.2) is 0 Å². The summed E-state index contributed by atoms with van der Waals surface area (Å²) in [6.45, 7) is 12.4. The number of ether oxygens (including phenoxy) is 1. The summed E-state index contributed by atoms with van der Waals surface area (Å²) in [4.78, 5) is 18.3. The lowest BCUT2D eigenvalue weighted by Gasteiger charge is -2.34. The van der Waals surface area contributed by atoms with Gasteiger partial charge in [-0.25, -0.2) is 4.79 Å². The zero-order valence-electron chi connectivity index (χ0n) is 22.6. The molecule has 4 rings (SSSR count). The molecule has 2 N–H and O–H groups in total. The highest BCUT2D eigenvalue weighted by atomic mass is 16.5. The summed E-state index contributed by atoms with van der Waals surface area (Å²) in [6, 6.07) is 13.5. The molecule has 1 amide bonds. The zero-order valence-corrected chi connectivity index (χ0v) is 22.6. The van der Waals surface area contributed by atoms with E-state index in [9.17, 15) is 15.2 Å². The van der Waals surface area contributed by atoms with Crippen LogP contribution in [0.5, 0.6) is 5.75 Å². The molecule has 2 aromatic carbocycles. The number of nitriles is 1. The number of rotatable bonds is 7. The van der Waals surface area contributed by atoms with E-state index >= 15 is 0 Å². The minimum Gasteiger partial charge on any atom is -0.490 e. The number of nitrogens with zero attached hydrogens (tertiary/aromatic N) is 4. The van der Waals surface area contributed by atoms with Crippen LogP contribution in [-0.4, -0.2) is 58.0 Å². The van der Waals surface area contributed by atoms with Crippen molar-refractivity contribution in [2.75, 3.05) is 19.6 Å². The molecule has 0 saturated carbocycles. The Morgan fingerprint density at radius 1 is 1.16 bits per heavy atom. The topological polar surface area (TPSA) is 125 Å². The van der Waals surface area contributed by atoms with Crippen molar-refractivity contribution < 1.29 is 19.2 Å². The smallest absolute Gasteiger partial charge is 0.404 e. The molecular formula is C29H35N5O4. The predicted molar refractivity (Wildman–Crippen MR) is 144 cm³/mol. The summed E-state index contributed by atoms with van der Waals surface area (Å²) < 4.78 is 11.2. The SMILES string of the molecule is CC(C)Oc1ccc(-c2nc(-c3ccc4c(c3)CCN(CC(NC(=O)O)C(C)(C)C)CC4)no2)cc1C#N. The average molecular weight is 518 g/mol. The summed E-state index contributed by atoms with van der Waals surface area (Å²) in [7, 11) is 0. The van der Waals surface area contributed by atoms with Crippen LogP contribution in [-0.2, 0) is 12.8 Å². The molecular weight excluding hydrogens is 482 g/mol. The van der Waals surface area contributed by atoms with Crippen LogP contribution in [0.1, 0.15) is 51.3 Å². The molecule has 1 aliphatic rings. The van der Waals surface area contributed by atoms with E-state index in [0.29, 0.717) is 35.1 Å². The summed E-state index contributed by atoms with van der Waals surface area (Å²) in [5.41, 5.74) is 4.27. The molecule has 0 bridgehead atoms. The highest BCUT2D eigenvalue weighted by Gasteiger charge is 2.29. The third-order valence-electron chi connectivity index (χ3n) is 6.78. The molecule has 0 fully saturated rings. The van der Waals surface area contributed by atoms with Crippen LogP contribution >= 0.6 is 0 Å². The molecule has 0 aliphatic carbocycles. The third-order valence-corrected chi connectivity index (χ3v) is 6.78. The van der Waals surface area contributed by atoms with Gasteiger partial charge < -0.3 is 24.6 Å².